The molecule has 0 radical (unpaired) electrons. The van der Waals surface area contributed by atoms with E-state index in [1.165, 1.54) is 14.0 Å². The lowest BCUT2D eigenvalue weighted by Gasteiger charge is -2.31. The third-order valence-corrected chi connectivity index (χ3v) is 3.21. The first-order valence-electron chi connectivity index (χ1n) is 5.44. The molecule has 0 spiro atoms. The van der Waals surface area contributed by atoms with Crippen LogP contribution in [0, 0.1) is 0 Å². The highest BCUT2D eigenvalue weighted by molar-refractivity contribution is 7.80. The smallest absolute Gasteiger partial charge is 0.397 e. The van der Waals surface area contributed by atoms with Crippen molar-refractivity contribution in [1.82, 2.24) is 0 Å². The van der Waals surface area contributed by atoms with Crippen LogP contribution in [0.5, 0.6) is 0 Å². The molecule has 10 heteroatoms. The van der Waals surface area contributed by atoms with Gasteiger partial charge in [0.05, 0.1) is 0 Å². The molecule has 19 heavy (non-hydrogen) atoms. The molecule has 0 aromatic heterocycles. The molecule has 2 saturated heterocycles. The molecule has 2 aliphatic rings. The Morgan fingerprint density at radius 1 is 1.32 bits per heavy atom. The zero-order valence-corrected chi connectivity index (χ0v) is 11.0. The van der Waals surface area contributed by atoms with Crippen LogP contribution in [0.2, 0.25) is 0 Å². The molecule has 2 fully saturated rings. The molecule has 110 valence electrons. The van der Waals surface area contributed by atoms with E-state index >= 15 is 0 Å². The number of hydrogen-bond acceptors (Lipinski definition) is 8. The van der Waals surface area contributed by atoms with E-state index in [1.807, 2.05) is 0 Å². The number of carbonyl (C=O) groups excluding carboxylic acids is 1. The number of esters is 1. The number of epoxide rings is 1. The first kappa shape index (κ1) is 14.6. The van der Waals surface area contributed by atoms with E-state index in [-0.39, 0.29) is 6.61 Å². The minimum absolute atomic E-state index is 0.234. The molecule has 0 saturated carbocycles. The number of methoxy groups -OCH3 is 1. The fourth-order valence-corrected chi connectivity index (χ4v) is 2.45. The first-order chi connectivity index (χ1) is 8.81. The Hall–Kier alpha value is -0.780. The van der Waals surface area contributed by atoms with Gasteiger partial charge in [-0.1, -0.05) is 0 Å². The average molecular weight is 298 g/mol. The monoisotopic (exact) mass is 298 g/mol. The first-order valence-corrected chi connectivity index (χ1v) is 6.81. The van der Waals surface area contributed by atoms with Crippen molar-refractivity contribution in [2.75, 3.05) is 13.7 Å². The fraction of sp³-hybridized carbons (Fsp3) is 0.889. The summed E-state index contributed by atoms with van der Waals surface area (Å²) < 4.78 is 55.1. The molecule has 0 aromatic rings. The molecule has 0 aromatic carbocycles. The third-order valence-electron chi connectivity index (χ3n) is 2.74. The van der Waals surface area contributed by atoms with Crippen LogP contribution in [-0.4, -0.2) is 63.4 Å². The number of ether oxygens (including phenoxy) is 4. The lowest BCUT2D eigenvalue weighted by atomic mass is 10.1. The summed E-state index contributed by atoms with van der Waals surface area (Å²) in [6.45, 7) is 0.966. The minimum atomic E-state index is -4.67. The molecule has 2 heterocycles. The summed E-state index contributed by atoms with van der Waals surface area (Å²) in [5.74, 6) is -0.554. The van der Waals surface area contributed by atoms with Crippen molar-refractivity contribution >= 4 is 16.4 Å². The second kappa shape index (κ2) is 5.31. The molecule has 0 amide bonds. The van der Waals surface area contributed by atoms with Crippen molar-refractivity contribution in [3.63, 3.8) is 0 Å². The standard InChI is InChI=1S/C9H14O9S/c1-4(10)15-3-5-6(18-19(11,12)13)7-8(17-7)9(14-2)16-5/h5-9H,3H2,1-2H3,(H,11,12,13)/t5-,6+,7-,8-,9+/m1/s1. The molecule has 0 unspecified atom stereocenters. The van der Waals surface area contributed by atoms with Crippen LogP contribution in [0.15, 0.2) is 0 Å². The van der Waals surface area contributed by atoms with Crippen molar-refractivity contribution in [3.05, 3.63) is 0 Å². The van der Waals surface area contributed by atoms with E-state index in [4.69, 9.17) is 23.5 Å². The van der Waals surface area contributed by atoms with E-state index in [0.29, 0.717) is 0 Å². The third kappa shape index (κ3) is 3.61. The van der Waals surface area contributed by atoms with Gasteiger partial charge in [0.1, 0.15) is 31.0 Å². The number of hydrogen-bond donors (Lipinski definition) is 1. The predicted molar refractivity (Wildman–Crippen MR) is 57.4 cm³/mol. The van der Waals surface area contributed by atoms with Gasteiger partial charge in [-0.3, -0.25) is 9.35 Å². The lowest BCUT2D eigenvalue weighted by Crippen LogP contribution is -2.50. The van der Waals surface area contributed by atoms with Crippen LogP contribution in [0.3, 0.4) is 0 Å². The molecule has 5 atom stereocenters. The van der Waals surface area contributed by atoms with E-state index in [9.17, 15) is 13.2 Å². The van der Waals surface area contributed by atoms with Crippen LogP contribution in [-0.2, 0) is 38.3 Å². The maximum absolute atomic E-state index is 10.8. The Morgan fingerprint density at radius 3 is 2.53 bits per heavy atom. The van der Waals surface area contributed by atoms with Gasteiger partial charge >= 0.3 is 16.4 Å². The van der Waals surface area contributed by atoms with Gasteiger partial charge in [0.25, 0.3) is 0 Å². The highest BCUT2D eigenvalue weighted by atomic mass is 32.3. The number of rotatable bonds is 5. The van der Waals surface area contributed by atoms with Gasteiger partial charge in [0.2, 0.25) is 0 Å². The summed E-state index contributed by atoms with van der Waals surface area (Å²) in [4.78, 5) is 10.8. The molecule has 0 aliphatic carbocycles. The SMILES string of the molecule is CO[C@H]1O[C@H](COC(C)=O)[C@H](OS(=O)(=O)O)[C@H]2O[C@@H]12. The van der Waals surface area contributed by atoms with Crippen molar-refractivity contribution in [1.29, 1.82) is 0 Å². The summed E-state index contributed by atoms with van der Waals surface area (Å²) in [6.07, 6.45) is -3.77. The van der Waals surface area contributed by atoms with Gasteiger partial charge in [-0.2, -0.15) is 8.42 Å². The van der Waals surface area contributed by atoms with Gasteiger partial charge in [0, 0.05) is 14.0 Å². The Labute approximate surface area is 109 Å². The Bertz CT molecular complexity index is 447. The largest absolute Gasteiger partial charge is 0.463 e. The molecule has 0 bridgehead atoms. The summed E-state index contributed by atoms with van der Waals surface area (Å²) in [6, 6.07) is 0. The van der Waals surface area contributed by atoms with Crippen LogP contribution in [0.1, 0.15) is 6.92 Å². The molecule has 1 N–H and O–H groups in total. The van der Waals surface area contributed by atoms with Crippen LogP contribution in [0.25, 0.3) is 0 Å². The zero-order valence-electron chi connectivity index (χ0n) is 10.2. The quantitative estimate of drug-likeness (QED) is 0.382. The second-order valence-electron chi connectivity index (χ2n) is 4.14. The van der Waals surface area contributed by atoms with Crippen LogP contribution < -0.4 is 0 Å². The molecular weight excluding hydrogens is 284 g/mol. The predicted octanol–water partition coefficient (Wildman–Crippen LogP) is -1.12. The molecule has 2 rings (SSSR count). The normalized spacial score (nSPS) is 37.5. The molecule has 9 nitrogen and oxygen atoms in total. The van der Waals surface area contributed by atoms with E-state index in [1.54, 1.807) is 0 Å². The maximum atomic E-state index is 10.8. The summed E-state index contributed by atoms with van der Waals surface area (Å²) in [5.41, 5.74) is 0. The van der Waals surface area contributed by atoms with E-state index in [2.05, 4.69) is 4.18 Å². The lowest BCUT2D eigenvalue weighted by molar-refractivity contribution is -0.208. The van der Waals surface area contributed by atoms with E-state index < -0.39 is 47.1 Å². The van der Waals surface area contributed by atoms with Gasteiger partial charge in [-0.15, -0.1) is 0 Å². The van der Waals surface area contributed by atoms with Crippen molar-refractivity contribution in [2.24, 2.45) is 0 Å². The second-order valence-corrected chi connectivity index (χ2v) is 5.18. The highest BCUT2D eigenvalue weighted by Crippen LogP contribution is 2.39. The highest BCUT2D eigenvalue weighted by Gasteiger charge is 2.60. The molecule has 2 aliphatic heterocycles. The average Bonchev–Trinajstić information content (AvgIpc) is 3.06. The van der Waals surface area contributed by atoms with Crippen molar-refractivity contribution < 1.29 is 40.9 Å². The van der Waals surface area contributed by atoms with Gasteiger partial charge in [-0.25, -0.2) is 4.18 Å². The Morgan fingerprint density at radius 2 is 2.00 bits per heavy atom. The van der Waals surface area contributed by atoms with Gasteiger partial charge in [0.15, 0.2) is 6.29 Å². The number of fused-ring (bicyclic) bond motifs is 1. The Kier molecular flexibility index (Phi) is 4.08. The van der Waals surface area contributed by atoms with Gasteiger partial charge in [-0.05, 0) is 0 Å². The Balaban J connectivity index is 2.06. The van der Waals surface area contributed by atoms with Crippen LogP contribution in [0.4, 0.5) is 0 Å². The molecular formula is C9H14O9S. The topological polar surface area (TPSA) is 121 Å². The van der Waals surface area contributed by atoms with Crippen molar-refractivity contribution in [2.45, 2.75) is 37.6 Å². The van der Waals surface area contributed by atoms with Gasteiger partial charge < -0.3 is 18.9 Å². The maximum Gasteiger partial charge on any atom is 0.397 e. The van der Waals surface area contributed by atoms with Crippen molar-refractivity contribution in [3.8, 4) is 0 Å². The summed E-state index contributed by atoms with van der Waals surface area (Å²) in [5, 5.41) is 0. The number of carbonyl (C=O) groups is 1. The summed E-state index contributed by atoms with van der Waals surface area (Å²) >= 11 is 0. The zero-order chi connectivity index (χ0) is 14.2. The summed E-state index contributed by atoms with van der Waals surface area (Å²) in [7, 11) is -3.27. The van der Waals surface area contributed by atoms with E-state index in [0.717, 1.165) is 0 Å². The minimum Gasteiger partial charge on any atom is -0.463 e. The van der Waals surface area contributed by atoms with Crippen LogP contribution >= 0.6 is 0 Å². The fourth-order valence-electron chi connectivity index (χ4n) is 1.94.